The molecular formula is C16H26N2O3. The summed E-state index contributed by atoms with van der Waals surface area (Å²) in [5.41, 5.74) is 0.577. The molecule has 1 aromatic carbocycles. The molecule has 1 N–H and O–H groups in total. The second-order valence-electron chi connectivity index (χ2n) is 5.44. The molecule has 5 heteroatoms. The summed E-state index contributed by atoms with van der Waals surface area (Å²) in [4.78, 5) is 14.2. The van der Waals surface area contributed by atoms with Gasteiger partial charge in [0.2, 0.25) is 0 Å². The molecule has 1 amide bonds. The van der Waals surface area contributed by atoms with Crippen molar-refractivity contribution in [3.05, 3.63) is 23.8 Å². The molecule has 0 fully saturated rings. The van der Waals surface area contributed by atoms with Gasteiger partial charge < -0.3 is 19.7 Å². The van der Waals surface area contributed by atoms with E-state index in [0.717, 1.165) is 13.0 Å². The zero-order valence-corrected chi connectivity index (χ0v) is 13.6. The molecule has 0 aliphatic carbocycles. The van der Waals surface area contributed by atoms with E-state index in [2.05, 4.69) is 10.2 Å². The molecular weight excluding hydrogens is 268 g/mol. The van der Waals surface area contributed by atoms with E-state index in [1.165, 1.54) is 0 Å². The third-order valence-corrected chi connectivity index (χ3v) is 2.86. The molecule has 118 valence electrons. The number of ether oxygens (including phenoxy) is 2. The van der Waals surface area contributed by atoms with Gasteiger partial charge in [0.1, 0.15) is 0 Å². The van der Waals surface area contributed by atoms with Gasteiger partial charge in [-0.2, -0.15) is 0 Å². The minimum Gasteiger partial charge on any atom is -0.493 e. The highest BCUT2D eigenvalue weighted by Gasteiger charge is 2.11. The summed E-state index contributed by atoms with van der Waals surface area (Å²) < 4.78 is 10.9. The van der Waals surface area contributed by atoms with Crippen LogP contribution in [0.5, 0.6) is 11.5 Å². The van der Waals surface area contributed by atoms with E-state index in [4.69, 9.17) is 9.47 Å². The zero-order valence-electron chi connectivity index (χ0n) is 13.6. The van der Waals surface area contributed by atoms with E-state index >= 15 is 0 Å². The number of hydrogen-bond acceptors (Lipinski definition) is 4. The van der Waals surface area contributed by atoms with E-state index in [0.29, 0.717) is 23.6 Å². The molecule has 0 aliphatic rings. The van der Waals surface area contributed by atoms with Gasteiger partial charge in [-0.05, 0) is 59.1 Å². The van der Waals surface area contributed by atoms with Crippen LogP contribution in [0.25, 0.3) is 0 Å². The third-order valence-electron chi connectivity index (χ3n) is 2.86. The summed E-state index contributed by atoms with van der Waals surface area (Å²) in [6.45, 7) is 5.50. The Balaban J connectivity index is 2.64. The standard InChI is InChI=1S/C16H26N2O3/c1-12(2)21-14-8-7-13(11-15(14)20-5)16(19)17-9-6-10-18(3)4/h7-8,11-12H,6,9-10H2,1-5H3,(H,17,19). The quantitative estimate of drug-likeness (QED) is 0.747. The van der Waals surface area contributed by atoms with E-state index < -0.39 is 0 Å². The Morgan fingerprint density at radius 3 is 2.57 bits per heavy atom. The van der Waals surface area contributed by atoms with Crippen molar-refractivity contribution >= 4 is 5.91 Å². The summed E-state index contributed by atoms with van der Waals surface area (Å²) in [5.74, 6) is 1.13. The summed E-state index contributed by atoms with van der Waals surface area (Å²) in [6.07, 6.45) is 0.981. The average molecular weight is 294 g/mol. The van der Waals surface area contributed by atoms with Crippen molar-refractivity contribution in [3.63, 3.8) is 0 Å². The number of carbonyl (C=O) groups excluding carboxylic acids is 1. The monoisotopic (exact) mass is 294 g/mol. The molecule has 0 saturated carbocycles. The number of nitrogens with one attached hydrogen (secondary N) is 1. The number of methoxy groups -OCH3 is 1. The molecule has 0 radical (unpaired) electrons. The van der Waals surface area contributed by atoms with Gasteiger partial charge in [0.05, 0.1) is 13.2 Å². The Bertz CT molecular complexity index is 459. The first-order valence-corrected chi connectivity index (χ1v) is 7.21. The number of rotatable bonds is 8. The van der Waals surface area contributed by atoms with Crippen LogP contribution >= 0.6 is 0 Å². The van der Waals surface area contributed by atoms with Gasteiger partial charge in [-0.15, -0.1) is 0 Å². The Kier molecular flexibility index (Phi) is 7.02. The van der Waals surface area contributed by atoms with Crippen LogP contribution in [0.3, 0.4) is 0 Å². The van der Waals surface area contributed by atoms with Crippen LogP contribution < -0.4 is 14.8 Å². The first-order valence-electron chi connectivity index (χ1n) is 7.21. The number of nitrogens with zero attached hydrogens (tertiary/aromatic N) is 1. The highest BCUT2D eigenvalue weighted by Crippen LogP contribution is 2.28. The molecule has 0 spiro atoms. The van der Waals surface area contributed by atoms with Gasteiger partial charge >= 0.3 is 0 Å². The first-order chi connectivity index (χ1) is 9.93. The maximum absolute atomic E-state index is 12.1. The summed E-state index contributed by atoms with van der Waals surface area (Å²) >= 11 is 0. The van der Waals surface area contributed by atoms with Gasteiger partial charge in [0.25, 0.3) is 5.91 Å². The van der Waals surface area contributed by atoms with Crippen LogP contribution in [0.4, 0.5) is 0 Å². The van der Waals surface area contributed by atoms with Crippen molar-refractivity contribution in [3.8, 4) is 11.5 Å². The SMILES string of the molecule is COc1cc(C(=O)NCCCN(C)C)ccc1OC(C)C. The maximum Gasteiger partial charge on any atom is 0.251 e. The summed E-state index contributed by atoms with van der Waals surface area (Å²) in [5, 5.41) is 2.90. The molecule has 1 rings (SSSR count). The normalized spacial score (nSPS) is 10.8. The van der Waals surface area contributed by atoms with Crippen molar-refractivity contribution < 1.29 is 14.3 Å². The van der Waals surface area contributed by atoms with E-state index in [-0.39, 0.29) is 12.0 Å². The lowest BCUT2D eigenvalue weighted by Crippen LogP contribution is -2.27. The predicted molar refractivity (Wildman–Crippen MR) is 84.3 cm³/mol. The molecule has 0 aromatic heterocycles. The molecule has 0 unspecified atom stereocenters. The minimum atomic E-state index is -0.0943. The number of amides is 1. The van der Waals surface area contributed by atoms with Crippen molar-refractivity contribution in [1.82, 2.24) is 10.2 Å². The number of hydrogen-bond donors (Lipinski definition) is 1. The van der Waals surface area contributed by atoms with E-state index in [9.17, 15) is 4.79 Å². The molecule has 0 heterocycles. The van der Waals surface area contributed by atoms with Gasteiger partial charge in [0, 0.05) is 12.1 Å². The highest BCUT2D eigenvalue weighted by molar-refractivity contribution is 5.94. The van der Waals surface area contributed by atoms with Crippen LogP contribution in [0.1, 0.15) is 30.6 Å². The fourth-order valence-electron chi connectivity index (χ4n) is 1.86. The minimum absolute atomic E-state index is 0.0598. The lowest BCUT2D eigenvalue weighted by Gasteiger charge is -2.14. The Morgan fingerprint density at radius 2 is 2.00 bits per heavy atom. The summed E-state index contributed by atoms with van der Waals surface area (Å²) in [7, 11) is 5.60. The zero-order chi connectivity index (χ0) is 15.8. The molecule has 0 saturated heterocycles. The molecule has 0 bridgehead atoms. The lowest BCUT2D eigenvalue weighted by molar-refractivity contribution is 0.0952. The fraction of sp³-hybridized carbons (Fsp3) is 0.562. The van der Waals surface area contributed by atoms with Gasteiger partial charge in [0.15, 0.2) is 11.5 Å². The third kappa shape index (κ3) is 6.04. The van der Waals surface area contributed by atoms with Gasteiger partial charge in [-0.1, -0.05) is 0 Å². The highest BCUT2D eigenvalue weighted by atomic mass is 16.5. The van der Waals surface area contributed by atoms with E-state index in [1.807, 2.05) is 27.9 Å². The van der Waals surface area contributed by atoms with Crippen molar-refractivity contribution in [2.45, 2.75) is 26.4 Å². The number of benzene rings is 1. The number of carbonyl (C=O) groups is 1. The van der Waals surface area contributed by atoms with Crippen LogP contribution in [0.15, 0.2) is 18.2 Å². The predicted octanol–water partition coefficient (Wildman–Crippen LogP) is 2.16. The smallest absolute Gasteiger partial charge is 0.251 e. The van der Waals surface area contributed by atoms with Crippen LogP contribution in [-0.4, -0.2) is 51.2 Å². The molecule has 0 aliphatic heterocycles. The Hall–Kier alpha value is -1.75. The Labute approximate surface area is 127 Å². The Morgan fingerprint density at radius 1 is 1.29 bits per heavy atom. The molecule has 5 nitrogen and oxygen atoms in total. The molecule has 0 atom stereocenters. The van der Waals surface area contributed by atoms with E-state index in [1.54, 1.807) is 25.3 Å². The fourth-order valence-corrected chi connectivity index (χ4v) is 1.86. The summed E-state index contributed by atoms with van der Waals surface area (Å²) in [6, 6.07) is 5.23. The second kappa shape index (κ2) is 8.52. The lowest BCUT2D eigenvalue weighted by atomic mass is 10.2. The topological polar surface area (TPSA) is 50.8 Å². The maximum atomic E-state index is 12.1. The van der Waals surface area contributed by atoms with Crippen LogP contribution in [-0.2, 0) is 0 Å². The molecule has 21 heavy (non-hydrogen) atoms. The van der Waals surface area contributed by atoms with Crippen molar-refractivity contribution in [2.24, 2.45) is 0 Å². The van der Waals surface area contributed by atoms with Crippen LogP contribution in [0, 0.1) is 0 Å². The largest absolute Gasteiger partial charge is 0.493 e. The van der Waals surface area contributed by atoms with Crippen molar-refractivity contribution in [1.29, 1.82) is 0 Å². The molecule has 1 aromatic rings. The van der Waals surface area contributed by atoms with Gasteiger partial charge in [-0.25, -0.2) is 0 Å². The van der Waals surface area contributed by atoms with Crippen LogP contribution in [0.2, 0.25) is 0 Å². The van der Waals surface area contributed by atoms with Gasteiger partial charge in [-0.3, -0.25) is 4.79 Å². The first kappa shape index (κ1) is 17.3. The second-order valence-corrected chi connectivity index (χ2v) is 5.44. The average Bonchev–Trinajstić information content (AvgIpc) is 2.43. The van der Waals surface area contributed by atoms with Crippen molar-refractivity contribution in [2.75, 3.05) is 34.3 Å².